The van der Waals surface area contributed by atoms with Crippen molar-refractivity contribution < 1.29 is 38.0 Å². The van der Waals surface area contributed by atoms with Crippen LogP contribution in [0, 0.1) is 0 Å². The zero-order valence-corrected chi connectivity index (χ0v) is 38.8. The molecule has 0 bridgehead atoms. The largest absolute Gasteiger partial charge is 0.481 e. The summed E-state index contributed by atoms with van der Waals surface area (Å²) in [5.41, 5.74) is 0. The fourth-order valence-corrected chi connectivity index (χ4v) is 8.66. The van der Waals surface area contributed by atoms with Crippen LogP contribution >= 0.6 is 14.7 Å². The Kier molecular flexibility index (Phi) is 44.1. The van der Waals surface area contributed by atoms with Gasteiger partial charge < -0.3 is 19.3 Å². The number of unbranched alkanes of at least 4 members (excludes halogenated alkanes) is 24. The first-order valence-electron chi connectivity index (χ1n) is 23.3. The van der Waals surface area contributed by atoms with Gasteiger partial charge in [-0.1, -0.05) is 168 Å². The quantitative estimate of drug-likeness (QED) is 0.0270. The molecule has 0 saturated carbocycles. The Morgan fingerprint density at radius 1 is 0.482 bits per heavy atom. The van der Waals surface area contributed by atoms with Gasteiger partial charge in [0.2, 0.25) is 14.7 Å². The van der Waals surface area contributed by atoms with E-state index in [-0.39, 0.29) is 37.3 Å². The number of carbonyl (C=O) groups is 2. The van der Waals surface area contributed by atoms with Crippen molar-refractivity contribution in [2.45, 2.75) is 220 Å². The highest BCUT2D eigenvalue weighted by Crippen LogP contribution is 2.47. The van der Waals surface area contributed by atoms with Gasteiger partial charge in [-0.05, 0) is 64.2 Å². The summed E-state index contributed by atoms with van der Waals surface area (Å²) in [5.74, 6) is -1.26. The number of carboxylic acid groups (broad SMARTS) is 1. The molecule has 8 nitrogen and oxygen atoms in total. The molecule has 2 atom stereocenters. The molecule has 0 radical (unpaired) electrons. The monoisotopic (exact) mass is 833 g/mol. The number of carbonyl (C=O) groups excluding carboxylic acids is 1. The van der Waals surface area contributed by atoms with Gasteiger partial charge in [0.25, 0.3) is 0 Å². The summed E-state index contributed by atoms with van der Waals surface area (Å²) in [4.78, 5) is 31.6. The summed E-state index contributed by atoms with van der Waals surface area (Å²) in [7, 11) is -5.84. The molecule has 0 amide bonds. The van der Waals surface area contributed by atoms with Crippen LogP contribution in [0.4, 0.5) is 0 Å². The van der Waals surface area contributed by atoms with Crippen molar-refractivity contribution in [3.63, 3.8) is 0 Å². The first kappa shape index (κ1) is 56.9. The lowest BCUT2D eigenvalue weighted by molar-refractivity contribution is -0.143. The maximum Gasteiger partial charge on any atom is 0.306 e. The first-order chi connectivity index (χ1) is 27.1. The lowest BCUT2D eigenvalue weighted by Crippen LogP contribution is -2.08. The van der Waals surface area contributed by atoms with Gasteiger partial charge in [0.1, 0.15) is 0 Å². The molecule has 56 heavy (non-hydrogen) atoms. The van der Waals surface area contributed by atoms with Gasteiger partial charge in [0.05, 0.1) is 26.1 Å². The lowest BCUT2D eigenvalue weighted by Gasteiger charge is -2.15. The zero-order chi connectivity index (χ0) is 41.9. The summed E-state index contributed by atoms with van der Waals surface area (Å²) in [6.45, 7) is 8.92. The molecule has 10 heteroatoms. The third-order valence-electron chi connectivity index (χ3n) is 10.2. The van der Waals surface area contributed by atoms with E-state index in [0.717, 1.165) is 25.7 Å². The number of allylic oxidation sites excluding steroid dienone is 4. The van der Waals surface area contributed by atoms with Crippen LogP contribution in [0.5, 0.6) is 0 Å². The van der Waals surface area contributed by atoms with Crippen molar-refractivity contribution in [2.75, 3.05) is 37.9 Å². The van der Waals surface area contributed by atoms with Crippen molar-refractivity contribution in [2.24, 2.45) is 0 Å². The Labute approximate surface area is 346 Å². The van der Waals surface area contributed by atoms with E-state index in [1.165, 1.54) is 154 Å². The molecule has 2 N–H and O–H groups in total. The predicted molar refractivity (Wildman–Crippen MR) is 241 cm³/mol. The number of aliphatic carboxylic acids is 1. The van der Waals surface area contributed by atoms with Crippen LogP contribution in [0.3, 0.4) is 0 Å². The smallest absolute Gasteiger partial charge is 0.306 e. The molecule has 0 aliphatic carbocycles. The maximum absolute atomic E-state index is 12.4. The minimum atomic E-state index is -3.11. The highest BCUT2D eigenvalue weighted by molar-refractivity contribution is 7.59. The third kappa shape index (κ3) is 45.5. The van der Waals surface area contributed by atoms with Crippen molar-refractivity contribution in [3.8, 4) is 0 Å². The van der Waals surface area contributed by atoms with Gasteiger partial charge in [-0.3, -0.25) is 18.7 Å². The first-order valence-corrected chi connectivity index (χ1v) is 27.3. The molecular formula is C46H90O8P2. The summed E-state index contributed by atoms with van der Waals surface area (Å²) in [6, 6.07) is 0. The Morgan fingerprint density at radius 2 is 0.857 bits per heavy atom. The van der Waals surface area contributed by atoms with Crippen LogP contribution < -0.4 is 0 Å². The van der Waals surface area contributed by atoms with E-state index in [2.05, 4.69) is 38.2 Å². The second-order valence-corrected chi connectivity index (χ2v) is 21.3. The van der Waals surface area contributed by atoms with Gasteiger partial charge in [0.15, 0.2) is 0 Å². The number of hydrogen-bond donors (Lipinski definition) is 2. The fraction of sp³-hybridized carbons (Fsp3) is 0.870. The zero-order valence-electron chi connectivity index (χ0n) is 37.0. The third-order valence-corrected chi connectivity index (χ3v) is 14.6. The molecule has 2 unspecified atom stereocenters. The Bertz CT molecular complexity index is 1030. The van der Waals surface area contributed by atoms with E-state index in [0.29, 0.717) is 19.4 Å². The highest BCUT2D eigenvalue weighted by atomic mass is 31.2. The minimum Gasteiger partial charge on any atom is -0.481 e. The molecule has 0 fully saturated rings. The van der Waals surface area contributed by atoms with Crippen LogP contribution in [0.2, 0.25) is 0 Å². The SMILES string of the molecule is CCCCCCCC/C=C/CCCCCCCCOP(=O)(CC)CCC(=O)O.CCCCCCCC/C=C\CCCCCCCCOC(=O)CCP(=O)(O)CC. The number of esters is 1. The number of rotatable bonds is 41. The number of ether oxygens (including phenoxy) is 1. The summed E-state index contributed by atoms with van der Waals surface area (Å²) >= 11 is 0. The topological polar surface area (TPSA) is 127 Å². The van der Waals surface area contributed by atoms with Crippen molar-refractivity contribution in [1.29, 1.82) is 0 Å². The van der Waals surface area contributed by atoms with Crippen LogP contribution in [0.25, 0.3) is 0 Å². The van der Waals surface area contributed by atoms with E-state index in [9.17, 15) is 23.6 Å². The van der Waals surface area contributed by atoms with Gasteiger partial charge in [-0.2, -0.15) is 0 Å². The molecule has 0 aromatic carbocycles. The van der Waals surface area contributed by atoms with Gasteiger partial charge in [0, 0.05) is 24.6 Å². The Balaban J connectivity index is 0. The van der Waals surface area contributed by atoms with Crippen molar-refractivity contribution in [1.82, 2.24) is 0 Å². The molecule has 0 spiro atoms. The molecule has 332 valence electrons. The van der Waals surface area contributed by atoms with E-state index in [1.54, 1.807) is 6.92 Å². The fourth-order valence-electron chi connectivity index (χ4n) is 6.19. The summed E-state index contributed by atoms with van der Waals surface area (Å²) in [6.07, 6.45) is 45.4. The molecule has 0 aromatic rings. The van der Waals surface area contributed by atoms with E-state index < -0.39 is 20.7 Å². The average Bonchev–Trinajstić information content (AvgIpc) is 3.19. The molecule has 0 aromatic heterocycles. The van der Waals surface area contributed by atoms with Gasteiger partial charge in [-0.15, -0.1) is 0 Å². The van der Waals surface area contributed by atoms with E-state index in [1.807, 2.05) is 6.92 Å². The van der Waals surface area contributed by atoms with Gasteiger partial charge >= 0.3 is 11.9 Å². The van der Waals surface area contributed by atoms with Gasteiger partial charge in [-0.25, -0.2) is 0 Å². The standard InChI is InChI=1S/2C23H45O4P/c1-3-5-6-7-8-9-10-11-12-13-14-15-16-17-18-19-21-27-23(24)20-22-28(25,26)4-2;1-3-5-6-7-8-9-10-11-12-13-14-15-16-17-18-19-21-27-28(26,4-2)22-20-23(24)25/h11-12H,3-10,13-22H2,1-2H3,(H,25,26);11-12H,3-10,13-22H2,1-2H3,(H,24,25)/b12-11-;12-11+. The van der Waals surface area contributed by atoms with Crippen molar-refractivity contribution >= 4 is 26.7 Å². The minimum absolute atomic E-state index is 0.0374. The van der Waals surface area contributed by atoms with Crippen LogP contribution in [0.15, 0.2) is 24.3 Å². The maximum atomic E-state index is 12.4. The molecule has 0 aliphatic rings. The van der Waals surface area contributed by atoms with E-state index in [4.69, 9.17) is 14.4 Å². The van der Waals surface area contributed by atoms with Crippen LogP contribution in [-0.4, -0.2) is 59.8 Å². The number of hydrogen-bond acceptors (Lipinski definition) is 6. The Hall–Kier alpha value is -1.20. The average molecular weight is 833 g/mol. The Morgan fingerprint density at radius 3 is 1.23 bits per heavy atom. The molecule has 0 saturated heterocycles. The summed E-state index contributed by atoms with van der Waals surface area (Å²) < 4.78 is 34.5. The molecule has 0 aliphatic heterocycles. The molecular weight excluding hydrogens is 742 g/mol. The summed E-state index contributed by atoms with van der Waals surface area (Å²) in [5, 5.41) is 8.71. The second-order valence-electron chi connectivity index (χ2n) is 15.6. The normalized spacial score (nSPS) is 13.7. The number of carboxylic acids is 1. The van der Waals surface area contributed by atoms with Crippen LogP contribution in [-0.2, 0) is 28.0 Å². The highest BCUT2D eigenvalue weighted by Gasteiger charge is 2.21. The van der Waals surface area contributed by atoms with E-state index >= 15 is 0 Å². The molecule has 0 rings (SSSR count). The second kappa shape index (κ2) is 43.4. The van der Waals surface area contributed by atoms with Crippen LogP contribution in [0.1, 0.15) is 220 Å². The van der Waals surface area contributed by atoms with Crippen molar-refractivity contribution in [3.05, 3.63) is 24.3 Å². The predicted octanol–water partition coefficient (Wildman–Crippen LogP) is 15.1. The lowest BCUT2D eigenvalue weighted by atomic mass is 10.1. The molecule has 0 heterocycles.